The summed E-state index contributed by atoms with van der Waals surface area (Å²) >= 11 is 1.64. The Morgan fingerprint density at radius 2 is 2.12 bits per heavy atom. The van der Waals surface area contributed by atoms with Crippen LogP contribution in [0, 0.1) is 0 Å². The molecule has 3 nitrogen and oxygen atoms in total. The van der Waals surface area contributed by atoms with Crippen LogP contribution in [0.1, 0.15) is 37.0 Å². The summed E-state index contributed by atoms with van der Waals surface area (Å²) in [5, 5.41) is 10.6. The van der Waals surface area contributed by atoms with Crippen molar-refractivity contribution < 1.29 is 5.11 Å². The van der Waals surface area contributed by atoms with Gasteiger partial charge in [-0.3, -0.25) is 4.98 Å². The number of aliphatic hydroxyl groups excluding tert-OH is 1. The average Bonchev–Trinajstić information content (AvgIpc) is 2.82. The van der Waals surface area contributed by atoms with E-state index in [1.807, 2.05) is 11.7 Å². The molecule has 1 aliphatic rings. The van der Waals surface area contributed by atoms with Gasteiger partial charge in [-0.05, 0) is 26.9 Å². The third-order valence-corrected chi connectivity index (χ3v) is 4.91. The number of nitrogens with zero attached hydrogens (tertiary/aromatic N) is 2. The molecule has 1 aromatic rings. The molecule has 17 heavy (non-hydrogen) atoms. The molecule has 0 amide bonds. The molecule has 1 aliphatic carbocycles. The average molecular weight is 254 g/mol. The fourth-order valence-electron chi connectivity index (χ4n) is 2.97. The van der Waals surface area contributed by atoms with E-state index in [2.05, 4.69) is 24.0 Å². The first kappa shape index (κ1) is 13.0. The molecule has 1 heterocycles. The lowest BCUT2D eigenvalue weighted by molar-refractivity contribution is -0.0306. The lowest BCUT2D eigenvalue weighted by Crippen LogP contribution is -2.55. The van der Waals surface area contributed by atoms with Crippen molar-refractivity contribution in [3.8, 4) is 0 Å². The highest BCUT2D eigenvalue weighted by Gasteiger charge is 2.40. The molecule has 0 aliphatic heterocycles. The maximum absolute atomic E-state index is 10.6. The number of likely N-dealkylation sites (N-methyl/N-ethyl adjacent to an activating group) is 1. The van der Waals surface area contributed by atoms with Gasteiger partial charge in [0, 0.05) is 23.0 Å². The van der Waals surface area contributed by atoms with Crippen LogP contribution in [0.4, 0.5) is 0 Å². The van der Waals surface area contributed by atoms with E-state index in [-0.39, 0.29) is 11.6 Å². The molecule has 1 unspecified atom stereocenters. The molecule has 1 fully saturated rings. The van der Waals surface area contributed by atoms with E-state index in [1.165, 1.54) is 24.1 Å². The summed E-state index contributed by atoms with van der Waals surface area (Å²) in [5.41, 5.74) is 1.81. The number of hydrogen-bond acceptors (Lipinski definition) is 4. The van der Waals surface area contributed by atoms with E-state index in [0.29, 0.717) is 0 Å². The number of hydrogen-bond donors (Lipinski definition) is 1. The highest BCUT2D eigenvalue weighted by atomic mass is 32.1. The van der Waals surface area contributed by atoms with Crippen LogP contribution in [0.25, 0.3) is 0 Å². The van der Waals surface area contributed by atoms with Crippen LogP contribution < -0.4 is 0 Å². The Morgan fingerprint density at radius 1 is 1.41 bits per heavy atom. The van der Waals surface area contributed by atoms with Gasteiger partial charge in [0.25, 0.3) is 0 Å². The monoisotopic (exact) mass is 254 g/mol. The zero-order valence-corrected chi connectivity index (χ0v) is 11.5. The summed E-state index contributed by atoms with van der Waals surface area (Å²) in [4.78, 5) is 7.50. The molecule has 1 aromatic heterocycles. The van der Waals surface area contributed by atoms with Crippen molar-refractivity contribution in [1.82, 2.24) is 9.88 Å². The molecule has 0 saturated heterocycles. The van der Waals surface area contributed by atoms with E-state index in [0.717, 1.165) is 19.3 Å². The number of rotatable bonds is 4. The quantitative estimate of drug-likeness (QED) is 0.896. The van der Waals surface area contributed by atoms with E-state index in [1.54, 1.807) is 11.3 Å². The third kappa shape index (κ3) is 2.69. The fraction of sp³-hybridized carbons (Fsp3) is 0.769. The lowest BCUT2D eigenvalue weighted by atomic mass is 9.75. The second-order valence-corrected chi connectivity index (χ2v) is 6.22. The minimum Gasteiger partial charge on any atom is -0.391 e. The second kappa shape index (κ2) is 5.46. The van der Waals surface area contributed by atoms with E-state index in [4.69, 9.17) is 0 Å². The summed E-state index contributed by atoms with van der Waals surface area (Å²) in [6, 6.07) is 0. The van der Waals surface area contributed by atoms with Gasteiger partial charge in [-0.1, -0.05) is 19.3 Å². The molecule has 96 valence electrons. The maximum atomic E-state index is 10.6. The van der Waals surface area contributed by atoms with Crippen molar-refractivity contribution in [2.75, 3.05) is 14.1 Å². The first-order chi connectivity index (χ1) is 8.15. The maximum Gasteiger partial charge on any atom is 0.0794 e. The summed E-state index contributed by atoms with van der Waals surface area (Å²) in [5.74, 6) is 0. The zero-order valence-electron chi connectivity index (χ0n) is 10.7. The van der Waals surface area contributed by atoms with E-state index < -0.39 is 0 Å². The SMILES string of the molecule is CN(C)C1(C(O)Cc2cncs2)CCCCC1. The Kier molecular flexibility index (Phi) is 4.17. The van der Waals surface area contributed by atoms with Gasteiger partial charge in [0.2, 0.25) is 0 Å². The Bertz CT molecular complexity index is 331. The number of thiazole rings is 1. The predicted octanol–water partition coefficient (Wildman–Crippen LogP) is 2.31. The Hall–Kier alpha value is -0.450. The van der Waals surface area contributed by atoms with E-state index >= 15 is 0 Å². The molecule has 0 radical (unpaired) electrons. The topological polar surface area (TPSA) is 36.4 Å². The minimum atomic E-state index is -0.279. The van der Waals surface area contributed by atoms with Crippen LogP contribution in [0.15, 0.2) is 11.7 Å². The Labute approximate surface area is 107 Å². The largest absolute Gasteiger partial charge is 0.391 e. The van der Waals surface area contributed by atoms with Crippen LogP contribution in [-0.2, 0) is 6.42 Å². The van der Waals surface area contributed by atoms with Gasteiger partial charge >= 0.3 is 0 Å². The van der Waals surface area contributed by atoms with Crippen molar-refractivity contribution in [2.24, 2.45) is 0 Å². The Morgan fingerprint density at radius 3 is 2.65 bits per heavy atom. The first-order valence-corrected chi connectivity index (χ1v) is 7.26. The first-order valence-electron chi connectivity index (χ1n) is 6.38. The van der Waals surface area contributed by atoms with Crippen molar-refractivity contribution in [3.63, 3.8) is 0 Å². The summed E-state index contributed by atoms with van der Waals surface area (Å²) in [6.45, 7) is 0. The number of aromatic nitrogens is 1. The molecule has 1 saturated carbocycles. The van der Waals surface area contributed by atoms with Gasteiger partial charge in [-0.25, -0.2) is 0 Å². The van der Waals surface area contributed by atoms with Crippen LogP contribution in [0.2, 0.25) is 0 Å². The molecule has 0 spiro atoms. The summed E-state index contributed by atoms with van der Waals surface area (Å²) in [6.07, 6.45) is 8.33. The highest BCUT2D eigenvalue weighted by molar-refractivity contribution is 7.09. The summed E-state index contributed by atoms with van der Waals surface area (Å²) in [7, 11) is 4.20. The third-order valence-electron chi connectivity index (χ3n) is 4.11. The molecular formula is C13H22N2OS. The van der Waals surface area contributed by atoms with Gasteiger partial charge in [0.15, 0.2) is 0 Å². The van der Waals surface area contributed by atoms with Crippen molar-refractivity contribution >= 4 is 11.3 Å². The highest BCUT2D eigenvalue weighted by Crippen LogP contribution is 2.36. The molecule has 1 N–H and O–H groups in total. The van der Waals surface area contributed by atoms with Crippen molar-refractivity contribution in [3.05, 3.63) is 16.6 Å². The van der Waals surface area contributed by atoms with Crippen LogP contribution in [0.5, 0.6) is 0 Å². The smallest absolute Gasteiger partial charge is 0.0794 e. The minimum absolute atomic E-state index is 0.0256. The van der Waals surface area contributed by atoms with Crippen molar-refractivity contribution in [2.45, 2.75) is 50.2 Å². The molecule has 4 heteroatoms. The van der Waals surface area contributed by atoms with Crippen molar-refractivity contribution in [1.29, 1.82) is 0 Å². The lowest BCUT2D eigenvalue weighted by Gasteiger charge is -2.46. The normalized spacial score (nSPS) is 21.6. The number of aliphatic hydroxyl groups is 1. The van der Waals surface area contributed by atoms with E-state index in [9.17, 15) is 5.11 Å². The fourth-order valence-corrected chi connectivity index (χ4v) is 3.60. The predicted molar refractivity (Wildman–Crippen MR) is 71.3 cm³/mol. The Balaban J connectivity index is 2.09. The van der Waals surface area contributed by atoms with Gasteiger partial charge in [0.1, 0.15) is 0 Å². The van der Waals surface area contributed by atoms with Crippen LogP contribution in [-0.4, -0.2) is 40.7 Å². The molecule has 0 aromatic carbocycles. The molecule has 0 bridgehead atoms. The van der Waals surface area contributed by atoms with Crippen LogP contribution >= 0.6 is 11.3 Å². The molecule has 2 rings (SSSR count). The van der Waals surface area contributed by atoms with Gasteiger partial charge < -0.3 is 10.0 Å². The summed E-state index contributed by atoms with van der Waals surface area (Å²) < 4.78 is 0. The molecular weight excluding hydrogens is 232 g/mol. The molecule has 1 atom stereocenters. The second-order valence-electron chi connectivity index (χ2n) is 5.25. The van der Waals surface area contributed by atoms with Gasteiger partial charge in [-0.15, -0.1) is 11.3 Å². The van der Waals surface area contributed by atoms with Gasteiger partial charge in [0.05, 0.1) is 11.6 Å². The standard InChI is InChI=1S/C13H22N2OS/c1-15(2)13(6-4-3-5-7-13)12(16)8-11-9-14-10-17-11/h9-10,12,16H,3-8H2,1-2H3. The van der Waals surface area contributed by atoms with Crippen LogP contribution in [0.3, 0.4) is 0 Å². The van der Waals surface area contributed by atoms with Gasteiger partial charge in [-0.2, -0.15) is 0 Å². The zero-order chi connectivity index (χ0) is 12.3.